The summed E-state index contributed by atoms with van der Waals surface area (Å²) >= 11 is 0. The number of nitrogens with zero attached hydrogens (tertiary/aromatic N) is 2. The molecule has 36 heavy (non-hydrogen) atoms. The predicted molar refractivity (Wildman–Crippen MR) is 143 cm³/mol. The SMILES string of the molecule is O=C(/C=C/c1cc(-c2ccccc2)n(-c2ccc([N+](=O)[O-])cc2)c1-c1ccccc1)c1ccccc1. The van der Waals surface area contributed by atoms with Crippen LogP contribution in [-0.2, 0) is 0 Å². The third kappa shape index (κ3) is 4.63. The van der Waals surface area contributed by atoms with Crippen LogP contribution < -0.4 is 0 Å². The lowest BCUT2D eigenvalue weighted by Gasteiger charge is -2.15. The summed E-state index contributed by atoms with van der Waals surface area (Å²) in [5.74, 6) is -0.0843. The summed E-state index contributed by atoms with van der Waals surface area (Å²) < 4.78 is 2.08. The Labute approximate surface area is 208 Å². The van der Waals surface area contributed by atoms with Crippen molar-refractivity contribution in [3.8, 4) is 28.2 Å². The van der Waals surface area contributed by atoms with Crippen LogP contribution >= 0.6 is 0 Å². The van der Waals surface area contributed by atoms with Crippen molar-refractivity contribution in [1.29, 1.82) is 0 Å². The van der Waals surface area contributed by atoms with Gasteiger partial charge in [-0.25, -0.2) is 0 Å². The molecule has 0 saturated carbocycles. The number of carbonyl (C=O) groups is 1. The molecule has 0 bridgehead atoms. The number of hydrogen-bond acceptors (Lipinski definition) is 3. The number of rotatable bonds is 7. The van der Waals surface area contributed by atoms with Gasteiger partial charge in [-0.1, -0.05) is 91.0 Å². The van der Waals surface area contributed by atoms with Crippen LogP contribution in [0.3, 0.4) is 0 Å². The third-order valence-corrected chi connectivity index (χ3v) is 5.94. The van der Waals surface area contributed by atoms with E-state index < -0.39 is 4.92 Å². The number of non-ortho nitro benzene ring substituents is 1. The van der Waals surface area contributed by atoms with Gasteiger partial charge < -0.3 is 4.57 Å². The molecule has 5 nitrogen and oxygen atoms in total. The lowest BCUT2D eigenvalue weighted by molar-refractivity contribution is -0.384. The van der Waals surface area contributed by atoms with Gasteiger partial charge in [-0.15, -0.1) is 0 Å². The van der Waals surface area contributed by atoms with Crippen LogP contribution in [0.5, 0.6) is 0 Å². The zero-order chi connectivity index (χ0) is 24.9. The van der Waals surface area contributed by atoms with Crippen molar-refractivity contribution >= 4 is 17.5 Å². The van der Waals surface area contributed by atoms with E-state index in [0.29, 0.717) is 5.56 Å². The van der Waals surface area contributed by atoms with Gasteiger partial charge >= 0.3 is 0 Å². The van der Waals surface area contributed by atoms with Gasteiger partial charge in [0.2, 0.25) is 0 Å². The summed E-state index contributed by atoms with van der Waals surface area (Å²) in [7, 11) is 0. The van der Waals surface area contributed by atoms with Crippen LogP contribution in [0, 0.1) is 10.1 Å². The molecule has 5 heteroatoms. The first kappa shape index (κ1) is 22.7. The highest BCUT2D eigenvalue weighted by Crippen LogP contribution is 2.37. The maximum absolute atomic E-state index is 12.8. The van der Waals surface area contributed by atoms with E-state index in [0.717, 1.165) is 33.8 Å². The summed E-state index contributed by atoms with van der Waals surface area (Å²) in [4.78, 5) is 23.7. The first-order valence-electron chi connectivity index (χ1n) is 11.5. The summed E-state index contributed by atoms with van der Waals surface area (Å²) in [6, 6.07) is 37.6. The normalized spacial score (nSPS) is 11.0. The van der Waals surface area contributed by atoms with E-state index in [1.54, 1.807) is 30.3 Å². The third-order valence-electron chi connectivity index (χ3n) is 5.94. The summed E-state index contributed by atoms with van der Waals surface area (Å²) in [6.07, 6.45) is 3.43. The van der Waals surface area contributed by atoms with Crippen molar-refractivity contribution in [2.75, 3.05) is 0 Å². The molecule has 0 amide bonds. The Morgan fingerprint density at radius 1 is 0.722 bits per heavy atom. The molecule has 0 aliphatic carbocycles. The van der Waals surface area contributed by atoms with E-state index in [1.807, 2.05) is 91.0 Å². The highest BCUT2D eigenvalue weighted by Gasteiger charge is 2.19. The Balaban J connectivity index is 1.73. The van der Waals surface area contributed by atoms with Crippen molar-refractivity contribution in [2.24, 2.45) is 0 Å². The van der Waals surface area contributed by atoms with E-state index in [9.17, 15) is 14.9 Å². The van der Waals surface area contributed by atoms with Crippen molar-refractivity contribution in [1.82, 2.24) is 4.57 Å². The lowest BCUT2D eigenvalue weighted by Crippen LogP contribution is -2.00. The minimum atomic E-state index is -0.404. The molecule has 0 spiro atoms. The maximum atomic E-state index is 12.8. The van der Waals surface area contributed by atoms with Crippen LogP contribution in [0.2, 0.25) is 0 Å². The Kier molecular flexibility index (Phi) is 6.36. The fourth-order valence-electron chi connectivity index (χ4n) is 4.23. The number of ketones is 1. The molecule has 0 saturated heterocycles. The average molecular weight is 471 g/mol. The molecule has 174 valence electrons. The Bertz CT molecular complexity index is 1540. The quantitative estimate of drug-likeness (QED) is 0.106. The molecule has 0 aliphatic heterocycles. The van der Waals surface area contributed by atoms with Gasteiger partial charge in [0.1, 0.15) is 0 Å². The highest BCUT2D eigenvalue weighted by molar-refractivity contribution is 6.07. The summed E-state index contributed by atoms with van der Waals surface area (Å²) in [6.45, 7) is 0. The van der Waals surface area contributed by atoms with E-state index in [-0.39, 0.29) is 11.5 Å². The molecule has 0 unspecified atom stereocenters. The second-order valence-electron chi connectivity index (χ2n) is 8.24. The number of nitro benzene ring substituents is 1. The first-order valence-corrected chi connectivity index (χ1v) is 11.5. The van der Waals surface area contributed by atoms with E-state index in [2.05, 4.69) is 4.57 Å². The Morgan fingerprint density at radius 2 is 1.28 bits per heavy atom. The second kappa shape index (κ2) is 10.1. The molecular formula is C31H22N2O3. The molecule has 4 aromatic carbocycles. The minimum absolute atomic E-state index is 0.0296. The lowest BCUT2D eigenvalue weighted by atomic mass is 10.1. The fourth-order valence-corrected chi connectivity index (χ4v) is 4.23. The van der Waals surface area contributed by atoms with Crippen molar-refractivity contribution in [3.63, 3.8) is 0 Å². The van der Waals surface area contributed by atoms with Gasteiger partial charge in [-0.05, 0) is 41.5 Å². The van der Waals surface area contributed by atoms with Crippen molar-refractivity contribution < 1.29 is 9.72 Å². The van der Waals surface area contributed by atoms with E-state index in [1.165, 1.54) is 12.1 Å². The zero-order valence-corrected chi connectivity index (χ0v) is 19.3. The van der Waals surface area contributed by atoms with Crippen molar-refractivity contribution in [3.05, 3.63) is 149 Å². The van der Waals surface area contributed by atoms with Crippen LogP contribution in [0.1, 0.15) is 15.9 Å². The van der Waals surface area contributed by atoms with Gasteiger partial charge in [0.05, 0.1) is 16.3 Å². The zero-order valence-electron chi connectivity index (χ0n) is 19.3. The topological polar surface area (TPSA) is 65.1 Å². The Hall–Kier alpha value is -5.03. The summed E-state index contributed by atoms with van der Waals surface area (Å²) in [5.41, 5.74) is 6.05. The molecule has 0 N–H and O–H groups in total. The number of benzene rings is 4. The van der Waals surface area contributed by atoms with Crippen LogP contribution in [0.15, 0.2) is 127 Å². The number of carbonyl (C=O) groups excluding carboxylic acids is 1. The maximum Gasteiger partial charge on any atom is 0.269 e. The standard InChI is InChI=1S/C31H22N2O3/c34-30(24-12-6-2-7-13-24)21-16-26-22-29(23-10-4-1-5-11-23)32(31(26)25-14-8-3-9-15-25)27-17-19-28(20-18-27)33(35)36/h1-22H/b21-16+. The minimum Gasteiger partial charge on any atom is -0.309 e. The second-order valence-corrected chi connectivity index (χ2v) is 8.24. The smallest absolute Gasteiger partial charge is 0.269 e. The Morgan fingerprint density at radius 3 is 1.86 bits per heavy atom. The molecule has 0 aliphatic rings. The number of allylic oxidation sites excluding steroid dienone is 1. The molecule has 5 rings (SSSR count). The van der Waals surface area contributed by atoms with Crippen LogP contribution in [-0.4, -0.2) is 15.3 Å². The average Bonchev–Trinajstić information content (AvgIpc) is 3.32. The van der Waals surface area contributed by atoms with E-state index >= 15 is 0 Å². The molecular weight excluding hydrogens is 448 g/mol. The first-order chi connectivity index (χ1) is 17.6. The van der Waals surface area contributed by atoms with Gasteiger partial charge in [-0.2, -0.15) is 0 Å². The molecule has 0 atom stereocenters. The predicted octanol–water partition coefficient (Wildman–Crippen LogP) is 7.62. The molecule has 0 fully saturated rings. The fraction of sp³-hybridized carbons (Fsp3) is 0. The number of aromatic nitrogens is 1. The van der Waals surface area contributed by atoms with Gasteiger partial charge in [0.15, 0.2) is 5.78 Å². The monoisotopic (exact) mass is 470 g/mol. The van der Waals surface area contributed by atoms with Crippen molar-refractivity contribution in [2.45, 2.75) is 0 Å². The largest absolute Gasteiger partial charge is 0.309 e. The number of hydrogen-bond donors (Lipinski definition) is 0. The van der Waals surface area contributed by atoms with E-state index in [4.69, 9.17) is 0 Å². The summed E-state index contributed by atoms with van der Waals surface area (Å²) in [5, 5.41) is 11.3. The van der Waals surface area contributed by atoms with Gasteiger partial charge in [-0.3, -0.25) is 14.9 Å². The molecule has 5 aromatic rings. The number of nitro groups is 1. The molecule has 0 radical (unpaired) electrons. The van der Waals surface area contributed by atoms with Gasteiger partial charge in [0, 0.05) is 28.9 Å². The van der Waals surface area contributed by atoms with Gasteiger partial charge in [0.25, 0.3) is 5.69 Å². The van der Waals surface area contributed by atoms with Crippen LogP contribution in [0.4, 0.5) is 5.69 Å². The highest BCUT2D eigenvalue weighted by atomic mass is 16.6. The molecule has 1 heterocycles. The van der Waals surface area contributed by atoms with Crippen LogP contribution in [0.25, 0.3) is 34.3 Å². The molecule has 1 aromatic heterocycles.